The molecule has 8 nitrogen and oxygen atoms in total. The lowest BCUT2D eigenvalue weighted by molar-refractivity contribution is -0.384. The molecule has 1 N–H and O–H groups in total. The highest BCUT2D eigenvalue weighted by atomic mass is 16.6. The number of anilines is 1. The maximum atomic E-state index is 12.5. The second-order valence-electron chi connectivity index (χ2n) is 6.08. The van der Waals surface area contributed by atoms with E-state index in [2.05, 4.69) is 5.32 Å². The Morgan fingerprint density at radius 1 is 1.18 bits per heavy atom. The molecule has 0 fully saturated rings. The van der Waals surface area contributed by atoms with Gasteiger partial charge in [-0.2, -0.15) is 0 Å². The number of carbonyl (C=O) groups excluding carboxylic acids is 2. The van der Waals surface area contributed by atoms with E-state index in [0.717, 1.165) is 5.56 Å². The number of nitro benzene ring substituents is 1. The van der Waals surface area contributed by atoms with E-state index in [9.17, 15) is 19.7 Å². The zero-order chi connectivity index (χ0) is 20.7. The van der Waals surface area contributed by atoms with Crippen LogP contribution >= 0.6 is 0 Å². The molecule has 0 aliphatic rings. The standard InChI is InChI=1S/C20H22N2O6/c1-4-16(14-8-6-5-7-9-14)20(24)28-13(2)19(23)21-17-11-10-15(22(25)26)12-18(17)27-3/h5-13,16H,4H2,1-3H3,(H,21,23)/t13-,16-/m0/s1. The highest BCUT2D eigenvalue weighted by Crippen LogP contribution is 2.29. The van der Waals surface area contributed by atoms with Crippen LogP contribution in [0.2, 0.25) is 0 Å². The van der Waals surface area contributed by atoms with E-state index in [1.54, 1.807) is 0 Å². The van der Waals surface area contributed by atoms with Gasteiger partial charge in [0.15, 0.2) is 6.10 Å². The fraction of sp³-hybridized carbons (Fsp3) is 0.300. The van der Waals surface area contributed by atoms with Crippen LogP contribution in [-0.2, 0) is 14.3 Å². The monoisotopic (exact) mass is 386 g/mol. The number of rotatable bonds is 8. The third-order valence-corrected chi connectivity index (χ3v) is 4.21. The van der Waals surface area contributed by atoms with Gasteiger partial charge in [0.2, 0.25) is 0 Å². The molecular weight excluding hydrogens is 364 g/mol. The number of non-ortho nitro benzene ring substituents is 1. The van der Waals surface area contributed by atoms with Crippen molar-refractivity contribution < 1.29 is 24.0 Å². The molecule has 0 bridgehead atoms. The minimum absolute atomic E-state index is 0.136. The molecule has 1 amide bonds. The molecule has 0 spiro atoms. The number of ether oxygens (including phenoxy) is 2. The number of carbonyl (C=O) groups is 2. The molecule has 0 unspecified atom stereocenters. The Hall–Kier alpha value is -3.42. The smallest absolute Gasteiger partial charge is 0.314 e. The number of benzene rings is 2. The van der Waals surface area contributed by atoms with Crippen molar-refractivity contribution in [2.75, 3.05) is 12.4 Å². The Labute approximate surface area is 162 Å². The maximum absolute atomic E-state index is 12.5. The van der Waals surface area contributed by atoms with Crippen molar-refractivity contribution in [2.45, 2.75) is 32.3 Å². The Morgan fingerprint density at radius 2 is 1.86 bits per heavy atom. The minimum atomic E-state index is -1.05. The Bertz CT molecular complexity index is 853. The van der Waals surface area contributed by atoms with Crippen molar-refractivity contribution in [3.8, 4) is 5.75 Å². The lowest BCUT2D eigenvalue weighted by Crippen LogP contribution is -2.31. The van der Waals surface area contributed by atoms with Crippen LogP contribution in [0.1, 0.15) is 31.7 Å². The quantitative estimate of drug-likeness (QED) is 0.421. The number of methoxy groups -OCH3 is 1. The Balaban J connectivity index is 2.06. The molecule has 2 atom stereocenters. The van der Waals surface area contributed by atoms with Gasteiger partial charge in [-0.3, -0.25) is 19.7 Å². The highest BCUT2D eigenvalue weighted by molar-refractivity contribution is 5.96. The second-order valence-corrected chi connectivity index (χ2v) is 6.08. The van der Waals surface area contributed by atoms with Gasteiger partial charge < -0.3 is 14.8 Å². The van der Waals surface area contributed by atoms with Gasteiger partial charge >= 0.3 is 5.97 Å². The first-order chi connectivity index (χ1) is 13.4. The summed E-state index contributed by atoms with van der Waals surface area (Å²) in [5.74, 6) is -1.39. The molecule has 28 heavy (non-hydrogen) atoms. The zero-order valence-electron chi connectivity index (χ0n) is 15.9. The van der Waals surface area contributed by atoms with Gasteiger partial charge in [-0.1, -0.05) is 37.3 Å². The molecule has 0 saturated heterocycles. The lowest BCUT2D eigenvalue weighted by Gasteiger charge is -2.19. The van der Waals surface area contributed by atoms with E-state index < -0.39 is 28.8 Å². The minimum Gasteiger partial charge on any atom is -0.494 e. The van der Waals surface area contributed by atoms with Gasteiger partial charge in [-0.25, -0.2) is 0 Å². The summed E-state index contributed by atoms with van der Waals surface area (Å²) in [5.41, 5.74) is 0.902. The molecule has 148 valence electrons. The van der Waals surface area contributed by atoms with Gasteiger partial charge in [0.05, 0.1) is 29.7 Å². The maximum Gasteiger partial charge on any atom is 0.314 e. The third-order valence-electron chi connectivity index (χ3n) is 4.21. The summed E-state index contributed by atoms with van der Waals surface area (Å²) in [6, 6.07) is 13.0. The van der Waals surface area contributed by atoms with Crippen LogP contribution in [0.4, 0.5) is 11.4 Å². The van der Waals surface area contributed by atoms with E-state index >= 15 is 0 Å². The van der Waals surface area contributed by atoms with Crippen molar-refractivity contribution >= 4 is 23.3 Å². The fourth-order valence-electron chi connectivity index (χ4n) is 2.66. The average molecular weight is 386 g/mol. The van der Waals surface area contributed by atoms with E-state index in [1.165, 1.54) is 32.2 Å². The first-order valence-corrected chi connectivity index (χ1v) is 8.76. The van der Waals surface area contributed by atoms with Crippen molar-refractivity contribution in [3.05, 3.63) is 64.2 Å². The summed E-state index contributed by atoms with van der Waals surface area (Å²) in [7, 11) is 1.34. The number of amides is 1. The number of nitrogens with zero attached hydrogens (tertiary/aromatic N) is 1. The number of nitrogens with one attached hydrogen (secondary N) is 1. The van der Waals surface area contributed by atoms with E-state index in [0.29, 0.717) is 6.42 Å². The number of hydrogen-bond donors (Lipinski definition) is 1. The molecule has 0 aliphatic heterocycles. The lowest BCUT2D eigenvalue weighted by atomic mass is 9.97. The van der Waals surface area contributed by atoms with Crippen LogP contribution < -0.4 is 10.1 Å². The van der Waals surface area contributed by atoms with E-state index in [-0.39, 0.29) is 17.1 Å². The number of esters is 1. The van der Waals surface area contributed by atoms with E-state index in [4.69, 9.17) is 9.47 Å². The van der Waals surface area contributed by atoms with Crippen LogP contribution in [0.3, 0.4) is 0 Å². The van der Waals surface area contributed by atoms with Crippen molar-refractivity contribution in [1.29, 1.82) is 0 Å². The van der Waals surface area contributed by atoms with Crippen LogP contribution in [0, 0.1) is 10.1 Å². The molecule has 0 saturated carbocycles. The largest absolute Gasteiger partial charge is 0.494 e. The Morgan fingerprint density at radius 3 is 2.43 bits per heavy atom. The number of nitro groups is 1. The predicted molar refractivity (Wildman–Crippen MR) is 103 cm³/mol. The van der Waals surface area contributed by atoms with Gasteiger partial charge in [0, 0.05) is 6.07 Å². The van der Waals surface area contributed by atoms with Crippen molar-refractivity contribution in [1.82, 2.24) is 0 Å². The second kappa shape index (κ2) is 9.50. The van der Waals surface area contributed by atoms with E-state index in [1.807, 2.05) is 37.3 Å². The van der Waals surface area contributed by atoms with Crippen LogP contribution in [0.5, 0.6) is 5.75 Å². The van der Waals surface area contributed by atoms with Gasteiger partial charge in [0.1, 0.15) is 5.75 Å². The average Bonchev–Trinajstić information content (AvgIpc) is 2.69. The third kappa shape index (κ3) is 5.06. The number of hydrogen-bond acceptors (Lipinski definition) is 6. The van der Waals surface area contributed by atoms with Crippen LogP contribution in [-0.4, -0.2) is 30.0 Å². The molecule has 0 aromatic heterocycles. The highest BCUT2D eigenvalue weighted by Gasteiger charge is 2.25. The van der Waals surface area contributed by atoms with Crippen molar-refractivity contribution in [3.63, 3.8) is 0 Å². The summed E-state index contributed by atoms with van der Waals surface area (Å²) < 4.78 is 10.4. The molecule has 2 aromatic carbocycles. The van der Waals surface area contributed by atoms with Crippen LogP contribution in [0.15, 0.2) is 48.5 Å². The summed E-state index contributed by atoms with van der Waals surface area (Å²) in [6.45, 7) is 3.33. The van der Waals surface area contributed by atoms with Crippen molar-refractivity contribution in [2.24, 2.45) is 0 Å². The first-order valence-electron chi connectivity index (χ1n) is 8.76. The molecular formula is C20H22N2O6. The zero-order valence-corrected chi connectivity index (χ0v) is 15.9. The summed E-state index contributed by atoms with van der Waals surface area (Å²) in [4.78, 5) is 35.2. The molecule has 0 aliphatic carbocycles. The fourth-order valence-corrected chi connectivity index (χ4v) is 2.66. The summed E-state index contributed by atoms with van der Waals surface area (Å²) in [5, 5.41) is 13.4. The van der Waals surface area contributed by atoms with Gasteiger partial charge in [0.25, 0.3) is 11.6 Å². The molecule has 2 rings (SSSR count). The van der Waals surface area contributed by atoms with Gasteiger partial charge in [-0.15, -0.1) is 0 Å². The molecule has 2 aromatic rings. The van der Waals surface area contributed by atoms with Gasteiger partial charge in [-0.05, 0) is 25.0 Å². The SMILES string of the molecule is CC[C@H](C(=O)O[C@@H](C)C(=O)Nc1ccc([N+](=O)[O-])cc1OC)c1ccccc1. The molecule has 8 heteroatoms. The normalized spacial score (nSPS) is 12.5. The molecule has 0 heterocycles. The Kier molecular flexibility index (Phi) is 7.08. The molecule has 0 radical (unpaired) electrons. The van der Waals surface area contributed by atoms with Crippen LogP contribution in [0.25, 0.3) is 0 Å². The summed E-state index contributed by atoms with van der Waals surface area (Å²) in [6.07, 6.45) is -0.516. The first kappa shape index (κ1) is 20.9. The summed E-state index contributed by atoms with van der Waals surface area (Å²) >= 11 is 0. The predicted octanol–water partition coefficient (Wildman–Crippen LogP) is 3.67. The topological polar surface area (TPSA) is 108 Å².